The predicted octanol–water partition coefficient (Wildman–Crippen LogP) is 1.93. The summed E-state index contributed by atoms with van der Waals surface area (Å²) >= 11 is 0. The Kier molecular flexibility index (Phi) is 4.37. The molecule has 2 rings (SSSR count). The van der Waals surface area contributed by atoms with Crippen molar-refractivity contribution < 1.29 is 4.79 Å². The van der Waals surface area contributed by atoms with Crippen molar-refractivity contribution in [3.8, 4) is 0 Å². The van der Waals surface area contributed by atoms with Gasteiger partial charge in [-0.05, 0) is 36.8 Å². The van der Waals surface area contributed by atoms with Crippen LogP contribution in [0.1, 0.15) is 29.0 Å². The molecule has 2 aromatic rings. The van der Waals surface area contributed by atoms with Gasteiger partial charge >= 0.3 is 0 Å². The van der Waals surface area contributed by atoms with E-state index in [0.717, 1.165) is 11.3 Å². The lowest BCUT2D eigenvalue weighted by molar-refractivity contribution is 0.0821. The van der Waals surface area contributed by atoms with Gasteiger partial charge in [0.1, 0.15) is 5.82 Å². The summed E-state index contributed by atoms with van der Waals surface area (Å²) in [7, 11) is 3.36. The minimum absolute atomic E-state index is 0.0400. The van der Waals surface area contributed by atoms with Crippen LogP contribution in [0.5, 0.6) is 0 Å². The highest BCUT2D eigenvalue weighted by molar-refractivity contribution is 5.91. The highest BCUT2D eigenvalue weighted by Gasteiger charge is 2.11. The van der Waals surface area contributed by atoms with Crippen molar-refractivity contribution in [1.29, 1.82) is 0 Å². The van der Waals surface area contributed by atoms with E-state index in [1.54, 1.807) is 26.2 Å². The largest absolute Gasteiger partial charge is 0.399 e. The van der Waals surface area contributed by atoms with Crippen LogP contribution < -0.4 is 11.1 Å². The molecule has 110 valence electrons. The number of nitrogens with zero attached hydrogens (tertiary/aromatic N) is 3. The van der Waals surface area contributed by atoms with Gasteiger partial charge in [0.25, 0.3) is 5.91 Å². The Morgan fingerprint density at radius 2 is 2.00 bits per heavy atom. The third kappa shape index (κ3) is 3.68. The van der Waals surface area contributed by atoms with Crippen molar-refractivity contribution in [2.45, 2.75) is 13.0 Å². The first kappa shape index (κ1) is 14.8. The minimum atomic E-state index is -0.169. The number of rotatable bonds is 4. The van der Waals surface area contributed by atoms with Crippen LogP contribution in [0, 0.1) is 0 Å². The second kappa shape index (κ2) is 6.21. The second-order valence-electron chi connectivity index (χ2n) is 5.04. The first-order valence-corrected chi connectivity index (χ1v) is 6.64. The molecule has 1 amide bonds. The topological polar surface area (TPSA) is 84.1 Å². The van der Waals surface area contributed by atoms with E-state index in [4.69, 9.17) is 5.73 Å². The van der Waals surface area contributed by atoms with E-state index in [1.165, 1.54) is 4.90 Å². The lowest BCUT2D eigenvalue weighted by atomic mass is 10.1. The van der Waals surface area contributed by atoms with Crippen molar-refractivity contribution in [2.75, 3.05) is 25.1 Å². The van der Waals surface area contributed by atoms with Crippen LogP contribution in [-0.4, -0.2) is 35.1 Å². The zero-order valence-electron chi connectivity index (χ0n) is 12.4. The normalized spacial score (nSPS) is 11.8. The van der Waals surface area contributed by atoms with E-state index >= 15 is 0 Å². The number of carbonyl (C=O) groups excluding carboxylic acids is 1. The average molecular weight is 285 g/mol. The van der Waals surface area contributed by atoms with Gasteiger partial charge in [0.15, 0.2) is 5.69 Å². The fourth-order valence-corrected chi connectivity index (χ4v) is 1.89. The van der Waals surface area contributed by atoms with Crippen molar-refractivity contribution in [2.24, 2.45) is 0 Å². The lowest BCUT2D eigenvalue weighted by Gasteiger charge is -2.15. The Balaban J connectivity index is 2.08. The average Bonchev–Trinajstić information content (AvgIpc) is 2.47. The summed E-state index contributed by atoms with van der Waals surface area (Å²) in [5, 5.41) is 11.2. The molecule has 0 bridgehead atoms. The van der Waals surface area contributed by atoms with E-state index in [2.05, 4.69) is 15.5 Å². The van der Waals surface area contributed by atoms with Crippen molar-refractivity contribution in [3.05, 3.63) is 47.7 Å². The van der Waals surface area contributed by atoms with Gasteiger partial charge in [0.05, 0.1) is 6.04 Å². The highest BCUT2D eigenvalue weighted by atomic mass is 16.2. The molecule has 1 aromatic heterocycles. The molecule has 0 fully saturated rings. The van der Waals surface area contributed by atoms with Crippen LogP contribution >= 0.6 is 0 Å². The molecule has 0 saturated carbocycles. The molecule has 6 heteroatoms. The van der Waals surface area contributed by atoms with E-state index in [1.807, 2.05) is 31.2 Å². The molecule has 21 heavy (non-hydrogen) atoms. The molecule has 0 saturated heterocycles. The van der Waals surface area contributed by atoms with Gasteiger partial charge in [-0.25, -0.2) is 0 Å². The fraction of sp³-hybridized carbons (Fsp3) is 0.267. The quantitative estimate of drug-likeness (QED) is 0.839. The van der Waals surface area contributed by atoms with Crippen LogP contribution in [0.25, 0.3) is 0 Å². The summed E-state index contributed by atoms with van der Waals surface area (Å²) in [5.74, 6) is 0.443. The van der Waals surface area contributed by atoms with Crippen molar-refractivity contribution in [3.63, 3.8) is 0 Å². The minimum Gasteiger partial charge on any atom is -0.399 e. The van der Waals surface area contributed by atoms with Gasteiger partial charge in [-0.1, -0.05) is 12.1 Å². The fourth-order valence-electron chi connectivity index (χ4n) is 1.89. The van der Waals surface area contributed by atoms with E-state index < -0.39 is 0 Å². The first-order chi connectivity index (χ1) is 9.97. The Morgan fingerprint density at radius 1 is 1.24 bits per heavy atom. The maximum Gasteiger partial charge on any atom is 0.273 e. The van der Waals surface area contributed by atoms with Crippen molar-refractivity contribution >= 4 is 17.4 Å². The maximum absolute atomic E-state index is 11.7. The van der Waals surface area contributed by atoms with Crippen LogP contribution in [0.15, 0.2) is 36.4 Å². The summed E-state index contributed by atoms with van der Waals surface area (Å²) in [6.07, 6.45) is 0. The zero-order valence-corrected chi connectivity index (χ0v) is 12.4. The predicted molar refractivity (Wildman–Crippen MR) is 82.9 cm³/mol. The molecule has 1 unspecified atom stereocenters. The standard InChI is InChI=1S/C15H19N5O/c1-10(11-5-4-6-12(16)9-11)17-14-8-7-13(18-19-14)15(21)20(2)3/h4-10H,16H2,1-3H3,(H,17,19). The molecule has 0 spiro atoms. The molecule has 1 atom stereocenters. The Hall–Kier alpha value is -2.63. The molecule has 0 aliphatic rings. The molecule has 1 aromatic carbocycles. The molecular formula is C15H19N5O. The summed E-state index contributed by atoms with van der Waals surface area (Å²) in [4.78, 5) is 13.2. The number of nitrogens with two attached hydrogens (primary N) is 1. The summed E-state index contributed by atoms with van der Waals surface area (Å²) in [5.41, 5.74) is 7.88. The third-order valence-corrected chi connectivity index (χ3v) is 3.06. The van der Waals surface area contributed by atoms with E-state index in [9.17, 15) is 4.79 Å². The Morgan fingerprint density at radius 3 is 2.57 bits per heavy atom. The molecule has 0 aliphatic heterocycles. The maximum atomic E-state index is 11.7. The summed E-state index contributed by atoms with van der Waals surface area (Å²) in [6, 6.07) is 11.1. The van der Waals surface area contributed by atoms with Gasteiger partial charge in [0, 0.05) is 19.8 Å². The molecule has 0 radical (unpaired) electrons. The second-order valence-corrected chi connectivity index (χ2v) is 5.04. The number of nitrogens with one attached hydrogen (secondary N) is 1. The van der Waals surface area contributed by atoms with Gasteiger partial charge in [0.2, 0.25) is 0 Å². The van der Waals surface area contributed by atoms with Crippen LogP contribution in [0.4, 0.5) is 11.5 Å². The number of anilines is 2. The lowest BCUT2D eigenvalue weighted by Crippen LogP contribution is -2.23. The van der Waals surface area contributed by atoms with E-state index in [0.29, 0.717) is 11.5 Å². The summed E-state index contributed by atoms with van der Waals surface area (Å²) in [6.45, 7) is 2.01. The number of carbonyl (C=O) groups is 1. The number of nitrogen functional groups attached to an aromatic ring is 1. The van der Waals surface area contributed by atoms with Gasteiger partial charge in [-0.15, -0.1) is 10.2 Å². The zero-order chi connectivity index (χ0) is 15.4. The number of hydrogen-bond acceptors (Lipinski definition) is 5. The first-order valence-electron chi connectivity index (χ1n) is 6.64. The highest BCUT2D eigenvalue weighted by Crippen LogP contribution is 2.19. The number of hydrogen-bond donors (Lipinski definition) is 2. The van der Waals surface area contributed by atoms with Gasteiger partial charge < -0.3 is 16.0 Å². The smallest absolute Gasteiger partial charge is 0.273 e. The van der Waals surface area contributed by atoms with Crippen LogP contribution in [0.2, 0.25) is 0 Å². The summed E-state index contributed by atoms with van der Waals surface area (Å²) < 4.78 is 0. The van der Waals surface area contributed by atoms with Crippen molar-refractivity contribution in [1.82, 2.24) is 15.1 Å². The molecule has 0 aliphatic carbocycles. The molecule has 3 N–H and O–H groups in total. The monoisotopic (exact) mass is 285 g/mol. The SMILES string of the molecule is CC(Nc1ccc(C(=O)N(C)C)nn1)c1cccc(N)c1. The van der Waals surface area contributed by atoms with Gasteiger partial charge in [-0.2, -0.15) is 0 Å². The number of benzene rings is 1. The molecular weight excluding hydrogens is 266 g/mol. The third-order valence-electron chi connectivity index (χ3n) is 3.06. The van der Waals surface area contributed by atoms with Crippen LogP contribution in [-0.2, 0) is 0 Å². The molecule has 6 nitrogen and oxygen atoms in total. The Labute approximate surface area is 124 Å². The Bertz CT molecular complexity index is 624. The molecule has 1 heterocycles. The van der Waals surface area contributed by atoms with Crippen LogP contribution in [0.3, 0.4) is 0 Å². The number of amides is 1. The van der Waals surface area contributed by atoms with E-state index in [-0.39, 0.29) is 11.9 Å². The number of aromatic nitrogens is 2. The van der Waals surface area contributed by atoms with Gasteiger partial charge in [-0.3, -0.25) is 4.79 Å².